The standard InChI is InChI=1S/C11H19NO/c1-9-4-6-12(7-5-9)8-11(13)10-2-3-10/h9-10H,2-8H2,1H3. The first kappa shape index (κ1) is 9.20. The number of rotatable bonds is 3. The van der Waals surface area contributed by atoms with Crippen LogP contribution in [-0.2, 0) is 4.79 Å². The number of piperidine rings is 1. The number of likely N-dealkylation sites (tertiary alicyclic amines) is 1. The van der Waals surface area contributed by atoms with Crippen LogP contribution in [0.2, 0.25) is 0 Å². The van der Waals surface area contributed by atoms with Crippen molar-refractivity contribution in [2.75, 3.05) is 19.6 Å². The number of carbonyl (C=O) groups excluding carboxylic acids is 1. The van der Waals surface area contributed by atoms with Crippen LogP contribution >= 0.6 is 0 Å². The van der Waals surface area contributed by atoms with Gasteiger partial charge in [-0.25, -0.2) is 0 Å². The lowest BCUT2D eigenvalue weighted by molar-refractivity contribution is -0.121. The van der Waals surface area contributed by atoms with Crippen molar-refractivity contribution in [1.82, 2.24) is 4.90 Å². The van der Waals surface area contributed by atoms with Crippen LogP contribution in [0.5, 0.6) is 0 Å². The minimum absolute atomic E-state index is 0.444. The molecule has 13 heavy (non-hydrogen) atoms. The van der Waals surface area contributed by atoms with E-state index in [1.807, 2.05) is 0 Å². The Hall–Kier alpha value is -0.370. The maximum Gasteiger partial charge on any atom is 0.149 e. The first-order chi connectivity index (χ1) is 6.25. The Bertz CT molecular complexity index is 190. The molecule has 2 heteroatoms. The summed E-state index contributed by atoms with van der Waals surface area (Å²) >= 11 is 0. The molecule has 2 aliphatic rings. The third-order valence-electron chi connectivity index (χ3n) is 3.29. The molecule has 0 amide bonds. The third-order valence-corrected chi connectivity index (χ3v) is 3.29. The summed E-state index contributed by atoms with van der Waals surface area (Å²) in [5.74, 6) is 1.81. The zero-order chi connectivity index (χ0) is 9.26. The van der Waals surface area contributed by atoms with Gasteiger partial charge >= 0.3 is 0 Å². The lowest BCUT2D eigenvalue weighted by Crippen LogP contribution is -2.37. The summed E-state index contributed by atoms with van der Waals surface area (Å²) in [6.07, 6.45) is 4.86. The van der Waals surface area contributed by atoms with Gasteiger partial charge < -0.3 is 0 Å². The number of hydrogen-bond acceptors (Lipinski definition) is 2. The zero-order valence-electron chi connectivity index (χ0n) is 8.46. The van der Waals surface area contributed by atoms with E-state index in [1.54, 1.807) is 0 Å². The van der Waals surface area contributed by atoms with Gasteiger partial charge in [0.15, 0.2) is 0 Å². The lowest BCUT2D eigenvalue weighted by Gasteiger charge is -2.29. The Morgan fingerprint density at radius 3 is 2.38 bits per heavy atom. The molecule has 1 saturated heterocycles. The molecule has 0 spiro atoms. The molecule has 0 aromatic rings. The van der Waals surface area contributed by atoms with Gasteiger partial charge in [-0.15, -0.1) is 0 Å². The van der Waals surface area contributed by atoms with E-state index in [1.165, 1.54) is 12.8 Å². The Kier molecular flexibility index (Phi) is 2.68. The molecule has 1 saturated carbocycles. The molecule has 0 aromatic carbocycles. The molecule has 0 radical (unpaired) electrons. The summed E-state index contributed by atoms with van der Waals surface area (Å²) in [4.78, 5) is 13.8. The molecule has 2 fully saturated rings. The first-order valence-corrected chi connectivity index (χ1v) is 5.51. The van der Waals surface area contributed by atoms with Crippen molar-refractivity contribution in [3.8, 4) is 0 Å². The summed E-state index contributed by atoms with van der Waals surface area (Å²) in [6, 6.07) is 0. The molecule has 0 unspecified atom stereocenters. The van der Waals surface area contributed by atoms with Gasteiger partial charge in [-0.05, 0) is 44.7 Å². The zero-order valence-corrected chi connectivity index (χ0v) is 8.46. The molecular weight excluding hydrogens is 162 g/mol. The summed E-state index contributed by atoms with van der Waals surface area (Å²) < 4.78 is 0. The largest absolute Gasteiger partial charge is 0.298 e. The van der Waals surface area contributed by atoms with Crippen molar-refractivity contribution in [3.63, 3.8) is 0 Å². The van der Waals surface area contributed by atoms with Crippen molar-refractivity contribution in [2.24, 2.45) is 11.8 Å². The van der Waals surface area contributed by atoms with E-state index in [9.17, 15) is 4.79 Å². The summed E-state index contributed by atoms with van der Waals surface area (Å²) in [5.41, 5.74) is 0. The van der Waals surface area contributed by atoms with E-state index in [0.717, 1.165) is 38.4 Å². The van der Waals surface area contributed by atoms with Crippen LogP contribution in [0.1, 0.15) is 32.6 Å². The fraction of sp³-hybridized carbons (Fsp3) is 0.909. The fourth-order valence-electron chi connectivity index (χ4n) is 1.97. The topological polar surface area (TPSA) is 20.3 Å². The van der Waals surface area contributed by atoms with E-state index in [0.29, 0.717) is 11.7 Å². The van der Waals surface area contributed by atoms with Gasteiger partial charge in [0.05, 0.1) is 6.54 Å². The lowest BCUT2D eigenvalue weighted by atomic mass is 9.99. The van der Waals surface area contributed by atoms with E-state index < -0.39 is 0 Å². The second-order valence-corrected chi connectivity index (χ2v) is 4.70. The quantitative estimate of drug-likeness (QED) is 0.660. The second-order valence-electron chi connectivity index (χ2n) is 4.70. The third kappa shape index (κ3) is 2.53. The predicted molar refractivity (Wildman–Crippen MR) is 52.6 cm³/mol. The van der Waals surface area contributed by atoms with E-state index in [-0.39, 0.29) is 0 Å². The smallest absolute Gasteiger partial charge is 0.149 e. The van der Waals surface area contributed by atoms with Crippen molar-refractivity contribution < 1.29 is 4.79 Å². The highest BCUT2D eigenvalue weighted by atomic mass is 16.1. The highest BCUT2D eigenvalue weighted by Crippen LogP contribution is 2.30. The summed E-state index contributed by atoms with van der Waals surface area (Å²) in [5, 5.41) is 0. The number of ketones is 1. The van der Waals surface area contributed by atoms with Gasteiger partial charge in [0, 0.05) is 5.92 Å². The first-order valence-electron chi connectivity index (χ1n) is 5.51. The van der Waals surface area contributed by atoms with Gasteiger partial charge in [0.2, 0.25) is 0 Å². The maximum atomic E-state index is 11.5. The molecule has 1 heterocycles. The summed E-state index contributed by atoms with van der Waals surface area (Å²) in [7, 11) is 0. The van der Waals surface area contributed by atoms with Crippen molar-refractivity contribution in [1.29, 1.82) is 0 Å². The normalized spacial score (nSPS) is 26.2. The predicted octanol–water partition coefficient (Wildman–Crippen LogP) is 1.70. The van der Waals surface area contributed by atoms with Crippen molar-refractivity contribution >= 4 is 5.78 Å². The van der Waals surface area contributed by atoms with Crippen LogP contribution in [0.4, 0.5) is 0 Å². The van der Waals surface area contributed by atoms with Crippen LogP contribution in [0, 0.1) is 11.8 Å². The molecule has 1 aliphatic carbocycles. The minimum Gasteiger partial charge on any atom is -0.298 e. The van der Waals surface area contributed by atoms with Gasteiger partial charge in [0.1, 0.15) is 5.78 Å². The highest BCUT2D eigenvalue weighted by molar-refractivity contribution is 5.84. The molecule has 0 N–H and O–H groups in total. The Balaban J connectivity index is 1.72. The Morgan fingerprint density at radius 2 is 1.85 bits per heavy atom. The van der Waals surface area contributed by atoms with Gasteiger partial charge in [0.25, 0.3) is 0 Å². The van der Waals surface area contributed by atoms with Gasteiger partial charge in [-0.1, -0.05) is 6.92 Å². The van der Waals surface area contributed by atoms with E-state index in [2.05, 4.69) is 11.8 Å². The second kappa shape index (κ2) is 3.79. The van der Waals surface area contributed by atoms with Crippen LogP contribution in [0.25, 0.3) is 0 Å². The minimum atomic E-state index is 0.444. The van der Waals surface area contributed by atoms with Crippen LogP contribution in [-0.4, -0.2) is 30.3 Å². The number of hydrogen-bond donors (Lipinski definition) is 0. The molecular formula is C11H19NO. The van der Waals surface area contributed by atoms with E-state index in [4.69, 9.17) is 0 Å². The van der Waals surface area contributed by atoms with E-state index >= 15 is 0 Å². The van der Waals surface area contributed by atoms with Crippen molar-refractivity contribution in [3.05, 3.63) is 0 Å². The highest BCUT2D eigenvalue weighted by Gasteiger charge is 2.30. The van der Waals surface area contributed by atoms with Crippen LogP contribution in [0.3, 0.4) is 0 Å². The molecule has 0 bridgehead atoms. The Morgan fingerprint density at radius 1 is 1.23 bits per heavy atom. The summed E-state index contributed by atoms with van der Waals surface area (Å²) in [6.45, 7) is 5.32. The average molecular weight is 181 g/mol. The molecule has 2 nitrogen and oxygen atoms in total. The maximum absolute atomic E-state index is 11.5. The molecule has 74 valence electrons. The van der Waals surface area contributed by atoms with Gasteiger partial charge in [-0.2, -0.15) is 0 Å². The monoisotopic (exact) mass is 181 g/mol. The fourth-order valence-corrected chi connectivity index (χ4v) is 1.97. The molecule has 0 aromatic heterocycles. The van der Waals surface area contributed by atoms with Crippen LogP contribution in [0.15, 0.2) is 0 Å². The number of carbonyl (C=O) groups is 1. The SMILES string of the molecule is CC1CCN(CC(=O)C2CC2)CC1. The van der Waals surface area contributed by atoms with Crippen LogP contribution < -0.4 is 0 Å². The Labute approximate surface area is 80.3 Å². The number of Topliss-reactive ketones (excluding diaryl/α,β-unsaturated/α-hetero) is 1. The number of nitrogens with zero attached hydrogens (tertiary/aromatic N) is 1. The molecule has 0 atom stereocenters. The molecule has 2 rings (SSSR count). The molecule has 1 aliphatic heterocycles. The van der Waals surface area contributed by atoms with Crippen molar-refractivity contribution in [2.45, 2.75) is 32.6 Å². The average Bonchev–Trinajstić information content (AvgIpc) is 2.91. The van der Waals surface area contributed by atoms with Gasteiger partial charge in [-0.3, -0.25) is 9.69 Å².